The van der Waals surface area contributed by atoms with Crippen molar-refractivity contribution in [3.63, 3.8) is 0 Å². The fraction of sp³-hybridized carbons (Fsp3) is 0.111. The number of rotatable bonds is 3. The minimum atomic E-state index is -0.143. The van der Waals surface area contributed by atoms with Crippen molar-refractivity contribution in [1.29, 1.82) is 0 Å². The van der Waals surface area contributed by atoms with Crippen LogP contribution >= 0.6 is 22.7 Å². The molecule has 0 atom stereocenters. The number of amides is 1. The summed E-state index contributed by atoms with van der Waals surface area (Å²) < 4.78 is 2.51. The van der Waals surface area contributed by atoms with Crippen LogP contribution in [0.3, 0.4) is 0 Å². The number of hydrogen-bond donors (Lipinski definition) is 1. The normalized spacial score (nSPS) is 11.2. The van der Waals surface area contributed by atoms with Gasteiger partial charge in [0, 0.05) is 22.0 Å². The molecule has 1 N–H and O–H groups in total. The van der Waals surface area contributed by atoms with Crippen molar-refractivity contribution in [2.75, 3.05) is 0 Å². The first-order valence-electron chi connectivity index (χ1n) is 7.47. The summed E-state index contributed by atoms with van der Waals surface area (Å²) in [5.41, 5.74) is 0.805. The summed E-state index contributed by atoms with van der Waals surface area (Å²) in [6, 6.07) is 13.4. The summed E-state index contributed by atoms with van der Waals surface area (Å²) >= 11 is 2.98. The van der Waals surface area contributed by atoms with E-state index in [0.717, 1.165) is 20.5 Å². The molecule has 4 aromatic rings. The smallest absolute Gasteiger partial charge is 0.261 e. The van der Waals surface area contributed by atoms with E-state index in [0.29, 0.717) is 16.8 Å². The van der Waals surface area contributed by atoms with Crippen molar-refractivity contribution in [3.8, 4) is 0 Å². The minimum Gasteiger partial charge on any atom is -0.346 e. The molecule has 1 amide bonds. The molecule has 24 heavy (non-hydrogen) atoms. The fourth-order valence-corrected chi connectivity index (χ4v) is 4.52. The van der Waals surface area contributed by atoms with E-state index >= 15 is 0 Å². The average molecular weight is 354 g/mol. The monoisotopic (exact) mass is 354 g/mol. The van der Waals surface area contributed by atoms with Gasteiger partial charge in [-0.15, -0.1) is 22.7 Å². The van der Waals surface area contributed by atoms with Crippen molar-refractivity contribution in [1.82, 2.24) is 9.88 Å². The Labute approximate surface area is 146 Å². The number of nitrogens with one attached hydrogen (secondary N) is 1. The van der Waals surface area contributed by atoms with Crippen molar-refractivity contribution < 1.29 is 4.79 Å². The number of benzene rings is 1. The second kappa shape index (κ2) is 5.89. The van der Waals surface area contributed by atoms with E-state index in [1.54, 1.807) is 29.0 Å². The molecule has 0 aliphatic carbocycles. The summed E-state index contributed by atoms with van der Waals surface area (Å²) in [5, 5.41) is 6.50. The number of fused-ring (bicyclic) bond motifs is 3. The summed E-state index contributed by atoms with van der Waals surface area (Å²) in [4.78, 5) is 26.7. The summed E-state index contributed by atoms with van der Waals surface area (Å²) in [6.45, 7) is 0.503. The van der Waals surface area contributed by atoms with E-state index in [1.165, 1.54) is 11.3 Å². The van der Waals surface area contributed by atoms with E-state index in [1.807, 2.05) is 41.8 Å². The molecule has 0 radical (unpaired) electrons. The van der Waals surface area contributed by atoms with Crippen LogP contribution in [0.5, 0.6) is 0 Å². The van der Waals surface area contributed by atoms with Crippen LogP contribution in [0.1, 0.15) is 14.5 Å². The van der Waals surface area contributed by atoms with Crippen molar-refractivity contribution in [2.45, 2.75) is 6.54 Å². The van der Waals surface area contributed by atoms with Crippen molar-refractivity contribution >= 4 is 49.6 Å². The van der Waals surface area contributed by atoms with Crippen LogP contribution in [0, 0.1) is 0 Å². The van der Waals surface area contributed by atoms with Crippen molar-refractivity contribution in [2.24, 2.45) is 7.05 Å². The first kappa shape index (κ1) is 15.1. The lowest BCUT2D eigenvalue weighted by atomic mass is 10.2. The molecular weight excluding hydrogens is 340 g/mol. The predicted octanol–water partition coefficient (Wildman–Crippen LogP) is 3.74. The third-order valence-electron chi connectivity index (χ3n) is 4.00. The minimum absolute atomic E-state index is 0.0720. The molecule has 120 valence electrons. The van der Waals surface area contributed by atoms with Crippen LogP contribution in [-0.4, -0.2) is 10.5 Å². The van der Waals surface area contributed by atoms with Crippen LogP contribution in [0.15, 0.2) is 52.6 Å². The Morgan fingerprint density at radius 2 is 2.00 bits per heavy atom. The molecule has 0 aliphatic heterocycles. The van der Waals surface area contributed by atoms with Crippen molar-refractivity contribution in [3.05, 3.63) is 68.0 Å². The van der Waals surface area contributed by atoms with Gasteiger partial charge in [-0.1, -0.05) is 24.3 Å². The maximum absolute atomic E-state index is 12.6. The lowest BCUT2D eigenvalue weighted by molar-refractivity contribution is 0.0955. The highest BCUT2D eigenvalue weighted by Gasteiger charge is 2.16. The number of thiophene rings is 2. The molecule has 0 saturated heterocycles. The van der Waals surface area contributed by atoms with E-state index in [-0.39, 0.29) is 11.5 Å². The lowest BCUT2D eigenvalue weighted by Gasteiger charge is -2.05. The summed E-state index contributed by atoms with van der Waals surface area (Å²) in [7, 11) is 1.76. The second-order valence-electron chi connectivity index (χ2n) is 5.50. The van der Waals surface area contributed by atoms with Gasteiger partial charge in [-0.05, 0) is 23.6 Å². The van der Waals surface area contributed by atoms with Crippen LogP contribution in [-0.2, 0) is 13.6 Å². The molecule has 0 aliphatic rings. The molecule has 3 heterocycles. The number of nitrogens with zero attached hydrogens (tertiary/aromatic N) is 1. The fourth-order valence-electron chi connectivity index (χ4n) is 2.78. The van der Waals surface area contributed by atoms with Gasteiger partial charge >= 0.3 is 0 Å². The molecular formula is C18H14N2O2S2. The zero-order valence-electron chi connectivity index (χ0n) is 12.9. The second-order valence-corrected chi connectivity index (χ2v) is 7.58. The maximum atomic E-state index is 12.6. The largest absolute Gasteiger partial charge is 0.346 e. The summed E-state index contributed by atoms with van der Waals surface area (Å²) in [5.74, 6) is -0.143. The van der Waals surface area contributed by atoms with Crippen LogP contribution in [0.25, 0.3) is 21.0 Å². The topological polar surface area (TPSA) is 51.1 Å². The molecule has 6 heteroatoms. The Morgan fingerprint density at radius 1 is 1.17 bits per heavy atom. The van der Waals surface area contributed by atoms with Gasteiger partial charge in [0.2, 0.25) is 0 Å². The van der Waals surface area contributed by atoms with E-state index < -0.39 is 0 Å². The van der Waals surface area contributed by atoms with E-state index in [2.05, 4.69) is 5.32 Å². The average Bonchev–Trinajstić information content (AvgIpc) is 3.27. The highest BCUT2D eigenvalue weighted by Crippen LogP contribution is 2.30. The van der Waals surface area contributed by atoms with Crippen LogP contribution in [0.2, 0.25) is 0 Å². The molecule has 0 unspecified atom stereocenters. The SMILES string of the molecule is Cn1c(=O)c2cc(C(=O)NCc3cccs3)sc2c2ccccc21. The maximum Gasteiger partial charge on any atom is 0.261 e. The molecule has 4 rings (SSSR count). The highest BCUT2D eigenvalue weighted by atomic mass is 32.1. The first-order valence-corrected chi connectivity index (χ1v) is 9.16. The number of para-hydroxylation sites is 1. The zero-order chi connectivity index (χ0) is 16.7. The molecule has 1 aromatic carbocycles. The third kappa shape index (κ3) is 2.44. The Kier molecular flexibility index (Phi) is 3.70. The van der Waals surface area contributed by atoms with Gasteiger partial charge in [-0.2, -0.15) is 0 Å². The highest BCUT2D eigenvalue weighted by molar-refractivity contribution is 7.21. The molecule has 4 nitrogen and oxygen atoms in total. The quantitative estimate of drug-likeness (QED) is 0.609. The third-order valence-corrected chi connectivity index (χ3v) is 6.05. The van der Waals surface area contributed by atoms with Crippen LogP contribution in [0.4, 0.5) is 0 Å². The Bertz CT molecular complexity index is 1110. The Morgan fingerprint density at radius 3 is 2.79 bits per heavy atom. The van der Waals surface area contributed by atoms with Crippen LogP contribution < -0.4 is 10.9 Å². The first-order chi connectivity index (χ1) is 11.6. The van der Waals surface area contributed by atoms with Gasteiger partial charge in [0.05, 0.1) is 22.3 Å². The van der Waals surface area contributed by atoms with E-state index in [9.17, 15) is 9.59 Å². The molecule has 0 saturated carbocycles. The molecule has 0 bridgehead atoms. The summed E-state index contributed by atoms with van der Waals surface area (Å²) in [6.07, 6.45) is 0. The van der Waals surface area contributed by atoms with E-state index in [4.69, 9.17) is 0 Å². The Balaban J connectivity index is 1.78. The van der Waals surface area contributed by atoms with Gasteiger partial charge in [0.1, 0.15) is 0 Å². The number of pyridine rings is 1. The van der Waals surface area contributed by atoms with Gasteiger partial charge in [0.15, 0.2) is 0 Å². The molecule has 0 fully saturated rings. The number of hydrogen-bond acceptors (Lipinski definition) is 4. The number of carbonyl (C=O) groups excluding carboxylic acids is 1. The number of carbonyl (C=O) groups is 1. The van der Waals surface area contributed by atoms with Gasteiger partial charge in [-0.25, -0.2) is 0 Å². The van der Waals surface area contributed by atoms with Gasteiger partial charge in [-0.3, -0.25) is 9.59 Å². The zero-order valence-corrected chi connectivity index (χ0v) is 14.5. The number of aryl methyl sites for hydroxylation is 1. The Hall–Kier alpha value is -2.44. The van der Waals surface area contributed by atoms with Gasteiger partial charge < -0.3 is 9.88 Å². The number of aromatic nitrogens is 1. The molecule has 3 aromatic heterocycles. The van der Waals surface area contributed by atoms with Gasteiger partial charge in [0.25, 0.3) is 11.5 Å². The predicted molar refractivity (Wildman–Crippen MR) is 100 cm³/mol. The standard InChI is InChI=1S/C18H14N2O2S2/c1-20-14-7-3-2-6-12(14)16-13(18(20)22)9-15(24-16)17(21)19-10-11-5-4-8-23-11/h2-9H,10H2,1H3,(H,19,21). The lowest BCUT2D eigenvalue weighted by Crippen LogP contribution is -2.21. The molecule has 0 spiro atoms.